The fourth-order valence-electron chi connectivity index (χ4n) is 5.38. The van der Waals surface area contributed by atoms with Gasteiger partial charge in [-0.3, -0.25) is 4.79 Å². The van der Waals surface area contributed by atoms with Crippen LogP contribution in [0, 0.1) is 6.92 Å². The molecule has 0 spiro atoms. The Hall–Kier alpha value is -4.56. The molecular formula is C32H30N6O2. The third kappa shape index (κ3) is 4.71. The van der Waals surface area contributed by atoms with E-state index in [2.05, 4.69) is 55.5 Å². The molecule has 40 heavy (non-hydrogen) atoms. The summed E-state index contributed by atoms with van der Waals surface area (Å²) in [7, 11) is 0. The molecule has 0 unspecified atom stereocenters. The van der Waals surface area contributed by atoms with Crippen LogP contribution in [0.2, 0.25) is 0 Å². The first-order valence-corrected chi connectivity index (χ1v) is 13.8. The van der Waals surface area contributed by atoms with Crippen LogP contribution in [0.4, 0.5) is 11.5 Å². The third-order valence-electron chi connectivity index (χ3n) is 7.88. The van der Waals surface area contributed by atoms with Crippen LogP contribution in [0.5, 0.6) is 0 Å². The van der Waals surface area contributed by atoms with E-state index >= 15 is 0 Å². The molecule has 1 saturated carbocycles. The SMILES string of the molecule is Cc1c(NC(=O)c2ccc(C3CC3)cc2)cccc1-c1ncnc2[nH]c(-c3ccc(N4CCOCC4)nc3)cc12. The van der Waals surface area contributed by atoms with E-state index in [1.807, 2.05) is 43.5 Å². The quantitative estimate of drug-likeness (QED) is 0.281. The van der Waals surface area contributed by atoms with Gasteiger partial charge in [-0.15, -0.1) is 0 Å². The zero-order chi connectivity index (χ0) is 27.1. The number of hydrogen-bond acceptors (Lipinski definition) is 6. The highest BCUT2D eigenvalue weighted by atomic mass is 16.5. The maximum absolute atomic E-state index is 13.1. The van der Waals surface area contributed by atoms with Crippen LogP contribution in [0.1, 0.15) is 40.2 Å². The van der Waals surface area contributed by atoms with Crippen molar-refractivity contribution in [2.75, 3.05) is 36.5 Å². The van der Waals surface area contributed by atoms with E-state index in [0.29, 0.717) is 11.5 Å². The number of nitrogens with one attached hydrogen (secondary N) is 2. The van der Waals surface area contributed by atoms with E-state index in [0.717, 1.165) is 76.9 Å². The monoisotopic (exact) mass is 530 g/mol. The molecule has 1 aliphatic carbocycles. The lowest BCUT2D eigenvalue weighted by Crippen LogP contribution is -2.36. The minimum Gasteiger partial charge on any atom is -0.378 e. The van der Waals surface area contributed by atoms with Crippen LogP contribution in [0.25, 0.3) is 33.5 Å². The first-order valence-electron chi connectivity index (χ1n) is 13.8. The highest BCUT2D eigenvalue weighted by Crippen LogP contribution is 2.40. The molecular weight excluding hydrogens is 500 g/mol. The number of hydrogen-bond donors (Lipinski definition) is 2. The maximum atomic E-state index is 13.1. The average molecular weight is 531 g/mol. The molecule has 0 bridgehead atoms. The molecule has 1 saturated heterocycles. The van der Waals surface area contributed by atoms with Crippen molar-refractivity contribution in [1.82, 2.24) is 19.9 Å². The number of pyridine rings is 1. The Morgan fingerprint density at radius 1 is 1.00 bits per heavy atom. The van der Waals surface area contributed by atoms with Gasteiger partial charge in [0.05, 0.1) is 18.9 Å². The molecule has 2 N–H and O–H groups in total. The number of benzene rings is 2. The standard InChI is InChI=1S/C32H30N6O2/c1-20-25(3-2-4-27(20)37-32(39)23-9-7-22(8-10-23)21-5-6-21)30-26-17-28(36-31(26)35-19-34-30)24-11-12-29(33-18-24)38-13-15-40-16-14-38/h2-4,7-12,17-19,21H,5-6,13-16H2,1H3,(H,37,39)(H,34,35,36). The lowest BCUT2D eigenvalue weighted by atomic mass is 10.0. The smallest absolute Gasteiger partial charge is 0.255 e. The molecule has 4 heterocycles. The van der Waals surface area contributed by atoms with E-state index in [4.69, 9.17) is 9.72 Å². The van der Waals surface area contributed by atoms with Gasteiger partial charge in [0.25, 0.3) is 5.91 Å². The first-order chi connectivity index (χ1) is 19.6. The van der Waals surface area contributed by atoms with Crippen LogP contribution >= 0.6 is 0 Å². The number of amides is 1. The van der Waals surface area contributed by atoms with Crippen molar-refractivity contribution >= 4 is 28.4 Å². The van der Waals surface area contributed by atoms with E-state index in [9.17, 15) is 4.79 Å². The van der Waals surface area contributed by atoms with Crippen LogP contribution in [-0.2, 0) is 4.74 Å². The van der Waals surface area contributed by atoms with Crippen molar-refractivity contribution in [2.24, 2.45) is 0 Å². The van der Waals surface area contributed by atoms with Gasteiger partial charge < -0.3 is 19.9 Å². The Bertz CT molecular complexity index is 1680. The van der Waals surface area contributed by atoms with Crippen molar-refractivity contribution in [3.8, 4) is 22.5 Å². The van der Waals surface area contributed by atoms with Crippen molar-refractivity contribution in [3.05, 3.63) is 89.9 Å². The molecule has 8 nitrogen and oxygen atoms in total. The second-order valence-electron chi connectivity index (χ2n) is 10.5. The summed E-state index contributed by atoms with van der Waals surface area (Å²) in [6.07, 6.45) is 5.95. The number of ether oxygens (including phenoxy) is 1. The number of rotatable bonds is 6. The number of carbonyl (C=O) groups excluding carboxylic acids is 1. The fraction of sp³-hybridized carbons (Fsp3) is 0.250. The molecule has 7 rings (SSSR count). The van der Waals surface area contributed by atoms with Gasteiger partial charge in [0.2, 0.25) is 0 Å². The summed E-state index contributed by atoms with van der Waals surface area (Å²) in [6, 6.07) is 20.1. The van der Waals surface area contributed by atoms with E-state index < -0.39 is 0 Å². The summed E-state index contributed by atoms with van der Waals surface area (Å²) < 4.78 is 5.46. The molecule has 1 aliphatic heterocycles. The number of nitrogens with zero attached hydrogens (tertiary/aromatic N) is 4. The summed E-state index contributed by atoms with van der Waals surface area (Å²) >= 11 is 0. The molecule has 8 heteroatoms. The van der Waals surface area contributed by atoms with Gasteiger partial charge in [0, 0.05) is 52.7 Å². The van der Waals surface area contributed by atoms with E-state index in [1.165, 1.54) is 18.4 Å². The summed E-state index contributed by atoms with van der Waals surface area (Å²) in [5.74, 6) is 1.50. The number of anilines is 2. The van der Waals surface area contributed by atoms with Gasteiger partial charge in [-0.05, 0) is 73.2 Å². The van der Waals surface area contributed by atoms with Gasteiger partial charge in [-0.2, -0.15) is 0 Å². The molecule has 2 aliphatic rings. The Balaban J connectivity index is 1.16. The molecule has 1 amide bonds. The summed E-state index contributed by atoms with van der Waals surface area (Å²) in [6.45, 7) is 5.17. The normalized spacial score (nSPS) is 15.4. The van der Waals surface area contributed by atoms with Gasteiger partial charge >= 0.3 is 0 Å². The number of morpholine rings is 1. The zero-order valence-corrected chi connectivity index (χ0v) is 22.4. The fourth-order valence-corrected chi connectivity index (χ4v) is 5.38. The molecule has 2 fully saturated rings. The third-order valence-corrected chi connectivity index (χ3v) is 7.88. The number of aromatic nitrogens is 4. The van der Waals surface area contributed by atoms with Gasteiger partial charge in [0.1, 0.15) is 17.8 Å². The Labute approximate surface area is 232 Å². The van der Waals surface area contributed by atoms with Crippen LogP contribution in [0.3, 0.4) is 0 Å². The maximum Gasteiger partial charge on any atom is 0.255 e. The lowest BCUT2D eigenvalue weighted by Gasteiger charge is -2.27. The Morgan fingerprint density at radius 2 is 1.82 bits per heavy atom. The molecule has 5 aromatic rings. The van der Waals surface area contributed by atoms with E-state index in [-0.39, 0.29) is 5.91 Å². The molecule has 2 aromatic carbocycles. The minimum atomic E-state index is -0.118. The predicted molar refractivity (Wildman–Crippen MR) is 157 cm³/mol. The van der Waals surface area contributed by atoms with Crippen molar-refractivity contribution in [3.63, 3.8) is 0 Å². The summed E-state index contributed by atoms with van der Waals surface area (Å²) in [4.78, 5) is 32.6. The zero-order valence-electron chi connectivity index (χ0n) is 22.4. The molecule has 0 radical (unpaired) electrons. The second-order valence-corrected chi connectivity index (χ2v) is 10.5. The largest absolute Gasteiger partial charge is 0.378 e. The Morgan fingerprint density at radius 3 is 2.58 bits per heavy atom. The van der Waals surface area contributed by atoms with Crippen molar-refractivity contribution < 1.29 is 9.53 Å². The molecule has 0 atom stereocenters. The van der Waals surface area contributed by atoms with Crippen molar-refractivity contribution in [2.45, 2.75) is 25.7 Å². The van der Waals surface area contributed by atoms with Crippen LogP contribution in [0.15, 0.2) is 73.2 Å². The second kappa shape index (κ2) is 10.2. The van der Waals surface area contributed by atoms with Gasteiger partial charge in [-0.25, -0.2) is 15.0 Å². The first kappa shape index (κ1) is 24.5. The molecule has 200 valence electrons. The molecule has 3 aromatic heterocycles. The average Bonchev–Trinajstić information content (AvgIpc) is 3.76. The van der Waals surface area contributed by atoms with Crippen LogP contribution < -0.4 is 10.2 Å². The number of H-pyrrole nitrogens is 1. The number of fused-ring (bicyclic) bond motifs is 1. The highest BCUT2D eigenvalue weighted by Gasteiger charge is 2.23. The Kier molecular flexibility index (Phi) is 6.24. The lowest BCUT2D eigenvalue weighted by molar-refractivity contribution is 0.102. The summed E-state index contributed by atoms with van der Waals surface area (Å²) in [5, 5.41) is 4.02. The van der Waals surface area contributed by atoms with Crippen molar-refractivity contribution in [1.29, 1.82) is 0 Å². The highest BCUT2D eigenvalue weighted by molar-refractivity contribution is 6.05. The minimum absolute atomic E-state index is 0.118. The predicted octanol–water partition coefficient (Wildman–Crippen LogP) is 5.96. The van der Waals surface area contributed by atoms with Gasteiger partial charge in [0.15, 0.2) is 0 Å². The van der Waals surface area contributed by atoms with Crippen LogP contribution in [-0.4, -0.2) is 52.1 Å². The number of aromatic amines is 1. The summed E-state index contributed by atoms with van der Waals surface area (Å²) in [5.41, 5.74) is 8.10. The van der Waals surface area contributed by atoms with Gasteiger partial charge in [-0.1, -0.05) is 24.3 Å². The topological polar surface area (TPSA) is 96.0 Å². The number of carbonyl (C=O) groups is 1. The van der Waals surface area contributed by atoms with E-state index in [1.54, 1.807) is 6.33 Å².